The molecule has 0 aromatic carbocycles. The highest BCUT2D eigenvalue weighted by Crippen LogP contribution is 2.29. The Kier molecular flexibility index (Phi) is 3.30. The van der Waals surface area contributed by atoms with Gasteiger partial charge < -0.3 is 14.9 Å². The largest absolute Gasteiger partial charge is 0.465 e. The molecular formula is C14H14BrN7O2. The first kappa shape index (κ1) is 15.1. The van der Waals surface area contributed by atoms with Crippen LogP contribution in [0.3, 0.4) is 0 Å². The second-order valence-corrected chi connectivity index (χ2v) is 6.66. The smallest absolute Gasteiger partial charge is 0.407 e. The Hall–Kier alpha value is -2.49. The van der Waals surface area contributed by atoms with E-state index in [9.17, 15) is 4.79 Å². The molecule has 1 amide bonds. The van der Waals surface area contributed by atoms with Crippen molar-refractivity contribution in [3.8, 4) is 0 Å². The molecule has 10 heteroatoms. The van der Waals surface area contributed by atoms with E-state index < -0.39 is 6.09 Å². The number of aryl methyl sites for hydroxylation is 1. The first-order chi connectivity index (χ1) is 11.5. The first-order valence-corrected chi connectivity index (χ1v) is 8.12. The summed E-state index contributed by atoms with van der Waals surface area (Å²) in [7, 11) is 1.58. The molecular weight excluding hydrogens is 378 g/mol. The zero-order chi connectivity index (χ0) is 17.0. The van der Waals surface area contributed by atoms with Gasteiger partial charge in [-0.1, -0.05) is 0 Å². The van der Waals surface area contributed by atoms with Crippen molar-refractivity contribution in [1.82, 2.24) is 29.5 Å². The van der Waals surface area contributed by atoms with Crippen molar-refractivity contribution in [3.05, 3.63) is 22.6 Å². The summed E-state index contributed by atoms with van der Waals surface area (Å²) in [5.41, 5.74) is 2.90. The van der Waals surface area contributed by atoms with E-state index in [1.807, 2.05) is 22.3 Å². The third-order valence-corrected chi connectivity index (χ3v) is 5.14. The number of hydrogen-bond donors (Lipinski definition) is 1. The van der Waals surface area contributed by atoms with Crippen LogP contribution in [-0.2, 0) is 0 Å². The van der Waals surface area contributed by atoms with Crippen LogP contribution in [0.4, 0.5) is 10.6 Å². The lowest BCUT2D eigenvalue weighted by Gasteiger charge is -2.43. The number of pyridine rings is 1. The van der Waals surface area contributed by atoms with Gasteiger partial charge in [-0.05, 0) is 28.9 Å². The highest BCUT2D eigenvalue weighted by molar-refractivity contribution is 9.10. The van der Waals surface area contributed by atoms with Gasteiger partial charge in [0.2, 0.25) is 5.65 Å². The topological polar surface area (TPSA) is 99.8 Å². The summed E-state index contributed by atoms with van der Waals surface area (Å²) in [4.78, 5) is 23.5. The fourth-order valence-electron chi connectivity index (χ4n) is 2.77. The molecule has 4 rings (SSSR count). The molecule has 124 valence electrons. The van der Waals surface area contributed by atoms with E-state index in [4.69, 9.17) is 5.11 Å². The second-order valence-electron chi connectivity index (χ2n) is 5.81. The summed E-state index contributed by atoms with van der Waals surface area (Å²) < 4.78 is 2.75. The van der Waals surface area contributed by atoms with Gasteiger partial charge in [0.1, 0.15) is 6.33 Å². The standard InChI is InChI=1S/C14H14BrN7O2/c1-7-9(15)3-10-11(17-7)18-12(13-19-16-6-22(10)13)21-4-8(5-21)20(2)14(23)24/h3,6,8H,4-5H2,1-2H3,(H,23,24). The summed E-state index contributed by atoms with van der Waals surface area (Å²) in [5, 5.41) is 17.2. The Morgan fingerprint density at radius 2 is 2.17 bits per heavy atom. The van der Waals surface area contributed by atoms with Crippen LogP contribution < -0.4 is 4.90 Å². The van der Waals surface area contributed by atoms with Crippen LogP contribution in [0.25, 0.3) is 16.8 Å². The van der Waals surface area contributed by atoms with E-state index in [0.29, 0.717) is 30.2 Å². The number of fused-ring (bicyclic) bond motifs is 3. The number of halogens is 1. The maximum Gasteiger partial charge on any atom is 0.407 e. The number of carbonyl (C=O) groups is 1. The molecule has 24 heavy (non-hydrogen) atoms. The Morgan fingerprint density at radius 3 is 2.88 bits per heavy atom. The van der Waals surface area contributed by atoms with Crippen LogP contribution in [0.15, 0.2) is 16.9 Å². The maximum atomic E-state index is 11.0. The summed E-state index contributed by atoms with van der Waals surface area (Å²) in [6.45, 7) is 3.04. The van der Waals surface area contributed by atoms with Crippen LogP contribution in [0.1, 0.15) is 5.69 Å². The number of aromatic nitrogens is 5. The molecule has 0 radical (unpaired) electrons. The highest BCUT2D eigenvalue weighted by atomic mass is 79.9. The van der Waals surface area contributed by atoms with Crippen LogP contribution >= 0.6 is 15.9 Å². The van der Waals surface area contributed by atoms with Crippen molar-refractivity contribution >= 4 is 44.7 Å². The molecule has 1 N–H and O–H groups in total. The summed E-state index contributed by atoms with van der Waals surface area (Å²) in [6, 6.07) is 1.89. The Morgan fingerprint density at radius 1 is 1.42 bits per heavy atom. The predicted molar refractivity (Wildman–Crippen MR) is 90.3 cm³/mol. The average Bonchev–Trinajstić information content (AvgIpc) is 2.97. The molecule has 9 nitrogen and oxygen atoms in total. The van der Waals surface area contributed by atoms with E-state index in [-0.39, 0.29) is 6.04 Å². The SMILES string of the molecule is Cc1nc2nc(N3CC(N(C)C(=O)O)C3)c3nncn3c2cc1Br. The van der Waals surface area contributed by atoms with Gasteiger partial charge >= 0.3 is 6.09 Å². The number of anilines is 1. The zero-order valence-corrected chi connectivity index (χ0v) is 14.6. The molecule has 1 fully saturated rings. The van der Waals surface area contributed by atoms with Crippen molar-refractivity contribution in [2.45, 2.75) is 13.0 Å². The van der Waals surface area contributed by atoms with Crippen molar-refractivity contribution in [1.29, 1.82) is 0 Å². The van der Waals surface area contributed by atoms with E-state index in [1.54, 1.807) is 13.4 Å². The number of carboxylic acid groups (broad SMARTS) is 1. The van der Waals surface area contributed by atoms with Gasteiger partial charge in [0, 0.05) is 24.6 Å². The first-order valence-electron chi connectivity index (χ1n) is 7.33. The van der Waals surface area contributed by atoms with E-state index in [1.165, 1.54) is 4.90 Å². The van der Waals surface area contributed by atoms with Gasteiger partial charge in [0.25, 0.3) is 0 Å². The molecule has 1 aliphatic heterocycles. The molecule has 3 aromatic heterocycles. The van der Waals surface area contributed by atoms with Gasteiger partial charge in [0.15, 0.2) is 11.5 Å². The van der Waals surface area contributed by atoms with Crippen molar-refractivity contribution in [2.75, 3.05) is 25.0 Å². The Balaban J connectivity index is 1.77. The zero-order valence-electron chi connectivity index (χ0n) is 13.0. The molecule has 0 aliphatic carbocycles. The summed E-state index contributed by atoms with van der Waals surface area (Å²) in [6.07, 6.45) is 0.702. The quantitative estimate of drug-likeness (QED) is 0.706. The monoisotopic (exact) mass is 391 g/mol. The number of hydrogen-bond acceptors (Lipinski definition) is 6. The van der Waals surface area contributed by atoms with Crippen molar-refractivity contribution in [3.63, 3.8) is 0 Å². The predicted octanol–water partition coefficient (Wildman–Crippen LogP) is 1.54. The number of rotatable bonds is 2. The number of likely N-dealkylation sites (N-methyl/N-ethyl adjacent to an activating group) is 1. The highest BCUT2D eigenvalue weighted by Gasteiger charge is 2.35. The van der Waals surface area contributed by atoms with Gasteiger partial charge in [-0.15, -0.1) is 10.2 Å². The molecule has 0 saturated carbocycles. The van der Waals surface area contributed by atoms with Crippen LogP contribution in [0.5, 0.6) is 0 Å². The fraction of sp³-hybridized carbons (Fsp3) is 0.357. The third kappa shape index (κ3) is 2.17. The molecule has 1 saturated heterocycles. The van der Waals surface area contributed by atoms with Crippen LogP contribution in [-0.4, -0.2) is 66.8 Å². The average molecular weight is 392 g/mol. The van der Waals surface area contributed by atoms with Crippen LogP contribution in [0.2, 0.25) is 0 Å². The maximum absolute atomic E-state index is 11.0. The van der Waals surface area contributed by atoms with E-state index in [2.05, 4.69) is 36.1 Å². The molecule has 4 heterocycles. The molecule has 3 aromatic rings. The minimum absolute atomic E-state index is 0.0532. The molecule has 0 bridgehead atoms. The third-order valence-electron chi connectivity index (χ3n) is 4.34. The Labute approximate surface area is 145 Å². The van der Waals surface area contributed by atoms with Gasteiger partial charge in [-0.25, -0.2) is 14.8 Å². The molecule has 0 spiro atoms. The fourth-order valence-corrected chi connectivity index (χ4v) is 3.08. The summed E-state index contributed by atoms with van der Waals surface area (Å²) in [5.74, 6) is 0.671. The van der Waals surface area contributed by atoms with Crippen molar-refractivity contribution in [2.24, 2.45) is 0 Å². The Bertz CT molecular complexity index is 967. The van der Waals surface area contributed by atoms with Crippen molar-refractivity contribution < 1.29 is 9.90 Å². The molecule has 0 unspecified atom stereocenters. The lowest BCUT2D eigenvalue weighted by atomic mass is 10.1. The van der Waals surface area contributed by atoms with Crippen LogP contribution in [0, 0.1) is 6.92 Å². The lowest BCUT2D eigenvalue weighted by Crippen LogP contribution is -2.60. The minimum atomic E-state index is -0.930. The summed E-state index contributed by atoms with van der Waals surface area (Å²) >= 11 is 3.48. The molecule has 1 aliphatic rings. The number of nitrogens with zero attached hydrogens (tertiary/aromatic N) is 7. The number of amides is 1. The van der Waals surface area contributed by atoms with E-state index in [0.717, 1.165) is 15.7 Å². The molecule has 0 atom stereocenters. The minimum Gasteiger partial charge on any atom is -0.465 e. The van der Waals surface area contributed by atoms with Gasteiger partial charge in [-0.3, -0.25) is 4.40 Å². The van der Waals surface area contributed by atoms with E-state index >= 15 is 0 Å². The second kappa shape index (κ2) is 5.26. The lowest BCUT2D eigenvalue weighted by molar-refractivity contribution is 0.130. The van der Waals surface area contributed by atoms with Gasteiger partial charge in [-0.2, -0.15) is 0 Å². The van der Waals surface area contributed by atoms with Gasteiger partial charge in [0.05, 0.1) is 17.3 Å². The normalized spacial score (nSPS) is 15.0.